The molecule has 158 valence electrons. The molecule has 4 rings (SSSR count). The van der Waals surface area contributed by atoms with Gasteiger partial charge in [-0.15, -0.1) is 0 Å². The summed E-state index contributed by atoms with van der Waals surface area (Å²) in [5, 5.41) is 0. The van der Waals surface area contributed by atoms with Crippen LogP contribution in [-0.2, 0) is 17.8 Å². The van der Waals surface area contributed by atoms with E-state index in [0.29, 0.717) is 25.8 Å². The molecule has 7 nitrogen and oxygen atoms in total. The molecule has 0 unspecified atom stereocenters. The Morgan fingerprint density at radius 3 is 2.43 bits per heavy atom. The van der Waals surface area contributed by atoms with Crippen molar-refractivity contribution in [3.05, 3.63) is 59.9 Å². The third-order valence-electron chi connectivity index (χ3n) is 6.33. The molecule has 2 aromatic rings. The lowest BCUT2D eigenvalue weighted by atomic mass is 9.85. The SMILES string of the molecule is COc1ccc(CCN2C(=O)N(C)C(=O)C23CCN(Cc2cccnc2)CC3)cc1. The number of ether oxygens (including phenoxy) is 1. The van der Waals surface area contributed by atoms with Crippen LogP contribution in [0.25, 0.3) is 0 Å². The van der Waals surface area contributed by atoms with Crippen molar-refractivity contribution in [2.45, 2.75) is 31.3 Å². The maximum atomic E-state index is 13.1. The smallest absolute Gasteiger partial charge is 0.327 e. The van der Waals surface area contributed by atoms with Crippen molar-refractivity contribution in [3.63, 3.8) is 0 Å². The van der Waals surface area contributed by atoms with E-state index < -0.39 is 5.54 Å². The van der Waals surface area contributed by atoms with Gasteiger partial charge in [-0.1, -0.05) is 18.2 Å². The molecule has 0 radical (unpaired) electrons. The van der Waals surface area contributed by atoms with Gasteiger partial charge in [-0.05, 0) is 48.6 Å². The number of likely N-dealkylation sites (tertiary alicyclic amines) is 1. The van der Waals surface area contributed by atoms with Gasteiger partial charge in [0.2, 0.25) is 0 Å². The Kier molecular flexibility index (Phi) is 5.72. The van der Waals surface area contributed by atoms with E-state index in [4.69, 9.17) is 4.74 Å². The number of urea groups is 1. The summed E-state index contributed by atoms with van der Waals surface area (Å²) in [6.07, 6.45) is 5.67. The van der Waals surface area contributed by atoms with Crippen LogP contribution in [0.4, 0.5) is 4.79 Å². The van der Waals surface area contributed by atoms with Crippen molar-refractivity contribution in [3.8, 4) is 5.75 Å². The lowest BCUT2D eigenvalue weighted by molar-refractivity contribution is -0.134. The van der Waals surface area contributed by atoms with Crippen LogP contribution in [0.15, 0.2) is 48.8 Å². The molecule has 30 heavy (non-hydrogen) atoms. The number of imide groups is 1. The highest BCUT2D eigenvalue weighted by molar-refractivity contribution is 6.06. The Bertz CT molecular complexity index is 892. The third kappa shape index (κ3) is 3.77. The second-order valence-corrected chi connectivity index (χ2v) is 8.07. The van der Waals surface area contributed by atoms with Gasteiger partial charge in [0, 0.05) is 45.6 Å². The quantitative estimate of drug-likeness (QED) is 0.688. The molecule has 2 fully saturated rings. The fourth-order valence-electron chi connectivity index (χ4n) is 4.54. The Balaban J connectivity index is 1.44. The van der Waals surface area contributed by atoms with Gasteiger partial charge in [0.25, 0.3) is 5.91 Å². The van der Waals surface area contributed by atoms with Gasteiger partial charge in [0.05, 0.1) is 7.11 Å². The van der Waals surface area contributed by atoms with Crippen molar-refractivity contribution < 1.29 is 14.3 Å². The molecule has 2 aliphatic heterocycles. The summed E-state index contributed by atoms with van der Waals surface area (Å²) >= 11 is 0. The molecule has 3 heterocycles. The van der Waals surface area contributed by atoms with Crippen LogP contribution in [0.1, 0.15) is 24.0 Å². The van der Waals surface area contributed by atoms with Crippen LogP contribution in [0.3, 0.4) is 0 Å². The van der Waals surface area contributed by atoms with E-state index in [1.165, 1.54) is 4.90 Å². The first-order valence-corrected chi connectivity index (χ1v) is 10.4. The number of carbonyl (C=O) groups excluding carboxylic acids is 2. The minimum Gasteiger partial charge on any atom is -0.497 e. The first-order chi connectivity index (χ1) is 14.5. The number of pyridine rings is 1. The minimum absolute atomic E-state index is 0.0664. The summed E-state index contributed by atoms with van der Waals surface area (Å²) in [7, 11) is 3.24. The average Bonchev–Trinajstić information content (AvgIpc) is 2.96. The minimum atomic E-state index is -0.719. The standard InChI is InChI=1S/C23H28N4O3/c1-25-21(28)23(10-14-26(15-11-23)17-19-4-3-12-24-16-19)27(22(25)29)13-9-18-5-7-20(30-2)8-6-18/h3-8,12,16H,9-11,13-15,17H2,1-2H3. The lowest BCUT2D eigenvalue weighted by Gasteiger charge is -2.42. The molecule has 0 atom stereocenters. The Morgan fingerprint density at radius 2 is 1.80 bits per heavy atom. The van der Waals surface area contributed by atoms with Crippen LogP contribution < -0.4 is 4.74 Å². The molecule has 1 aromatic heterocycles. The lowest BCUT2D eigenvalue weighted by Crippen LogP contribution is -2.56. The van der Waals surface area contributed by atoms with E-state index in [1.54, 1.807) is 25.3 Å². The molecular formula is C23H28N4O3. The number of methoxy groups -OCH3 is 1. The summed E-state index contributed by atoms with van der Waals surface area (Å²) < 4.78 is 5.21. The Hall–Kier alpha value is -2.93. The first-order valence-electron chi connectivity index (χ1n) is 10.4. The number of benzene rings is 1. The maximum absolute atomic E-state index is 13.1. The number of likely N-dealkylation sites (N-methyl/N-ethyl adjacent to an activating group) is 1. The summed E-state index contributed by atoms with van der Waals surface area (Å²) in [6, 6.07) is 11.7. The summed E-state index contributed by atoms with van der Waals surface area (Å²) in [4.78, 5) is 35.6. The number of rotatable bonds is 6. The monoisotopic (exact) mass is 408 g/mol. The summed E-state index contributed by atoms with van der Waals surface area (Å²) in [5.41, 5.74) is 1.56. The van der Waals surface area contributed by atoms with Crippen LogP contribution in [0.5, 0.6) is 5.75 Å². The molecule has 0 N–H and O–H groups in total. The first kappa shape index (κ1) is 20.3. The molecule has 1 aromatic carbocycles. The third-order valence-corrected chi connectivity index (χ3v) is 6.33. The van der Waals surface area contributed by atoms with Gasteiger partial charge in [-0.25, -0.2) is 4.79 Å². The molecule has 2 aliphatic rings. The van der Waals surface area contributed by atoms with E-state index in [9.17, 15) is 9.59 Å². The van der Waals surface area contributed by atoms with E-state index in [1.807, 2.05) is 36.5 Å². The Labute approximate surface area is 177 Å². The van der Waals surface area contributed by atoms with Crippen molar-refractivity contribution >= 4 is 11.9 Å². The van der Waals surface area contributed by atoms with Gasteiger partial charge >= 0.3 is 6.03 Å². The summed E-state index contributed by atoms with van der Waals surface area (Å²) in [6.45, 7) is 2.90. The normalized spacial score (nSPS) is 19.0. The zero-order valence-corrected chi connectivity index (χ0v) is 17.6. The van der Waals surface area contributed by atoms with Gasteiger partial charge < -0.3 is 9.64 Å². The van der Waals surface area contributed by atoms with Gasteiger partial charge in [-0.2, -0.15) is 0 Å². The van der Waals surface area contributed by atoms with Crippen LogP contribution >= 0.6 is 0 Å². The maximum Gasteiger partial charge on any atom is 0.327 e. The average molecular weight is 409 g/mol. The zero-order valence-electron chi connectivity index (χ0n) is 17.6. The molecule has 1 spiro atoms. The number of piperidine rings is 1. The van der Waals surface area contributed by atoms with Crippen LogP contribution in [0.2, 0.25) is 0 Å². The molecule has 0 saturated carbocycles. The van der Waals surface area contributed by atoms with Gasteiger partial charge in [0.15, 0.2) is 0 Å². The number of amides is 3. The largest absolute Gasteiger partial charge is 0.497 e. The molecular weight excluding hydrogens is 380 g/mol. The van der Waals surface area contributed by atoms with E-state index in [0.717, 1.165) is 36.5 Å². The van der Waals surface area contributed by atoms with E-state index in [2.05, 4.69) is 16.0 Å². The predicted molar refractivity (Wildman–Crippen MR) is 113 cm³/mol. The molecule has 0 aliphatic carbocycles. The van der Waals surface area contributed by atoms with Crippen molar-refractivity contribution in [2.75, 3.05) is 33.8 Å². The van der Waals surface area contributed by atoms with Gasteiger partial charge in [-0.3, -0.25) is 19.6 Å². The summed E-state index contributed by atoms with van der Waals surface area (Å²) in [5.74, 6) is 0.742. The number of hydrogen-bond donors (Lipinski definition) is 0. The van der Waals surface area contributed by atoms with Crippen molar-refractivity contribution in [2.24, 2.45) is 0 Å². The highest BCUT2D eigenvalue weighted by Gasteiger charge is 2.56. The van der Waals surface area contributed by atoms with Crippen molar-refractivity contribution in [1.82, 2.24) is 19.7 Å². The van der Waals surface area contributed by atoms with Crippen LogP contribution in [0, 0.1) is 0 Å². The fourth-order valence-corrected chi connectivity index (χ4v) is 4.54. The van der Waals surface area contributed by atoms with E-state index in [-0.39, 0.29) is 11.9 Å². The highest BCUT2D eigenvalue weighted by Crippen LogP contribution is 2.37. The topological polar surface area (TPSA) is 66.0 Å². The van der Waals surface area contributed by atoms with Crippen LogP contribution in [-0.4, -0.2) is 71.0 Å². The Morgan fingerprint density at radius 1 is 1.07 bits per heavy atom. The zero-order chi connectivity index (χ0) is 21.1. The number of aromatic nitrogens is 1. The number of hydrogen-bond acceptors (Lipinski definition) is 5. The van der Waals surface area contributed by atoms with Gasteiger partial charge in [0.1, 0.15) is 11.3 Å². The fraction of sp³-hybridized carbons (Fsp3) is 0.435. The molecule has 3 amide bonds. The predicted octanol–water partition coefficient (Wildman–Crippen LogP) is 2.56. The molecule has 7 heteroatoms. The number of nitrogens with zero attached hydrogens (tertiary/aromatic N) is 4. The van der Waals surface area contributed by atoms with E-state index >= 15 is 0 Å². The molecule has 0 bridgehead atoms. The number of carbonyl (C=O) groups is 2. The van der Waals surface area contributed by atoms with Crippen molar-refractivity contribution in [1.29, 1.82) is 0 Å². The molecule has 2 saturated heterocycles. The highest BCUT2D eigenvalue weighted by atomic mass is 16.5. The second-order valence-electron chi connectivity index (χ2n) is 8.07. The second kappa shape index (κ2) is 8.44.